The van der Waals surface area contributed by atoms with Gasteiger partial charge in [-0.2, -0.15) is 0 Å². The van der Waals surface area contributed by atoms with Crippen LogP contribution in [0.4, 0.5) is 22.7 Å². The van der Waals surface area contributed by atoms with E-state index < -0.39 is 10.9 Å². The SMILES string of the molecule is CCN(CCON(C(=O)CCCCCCNc1c(Nc2ccncc2)c(=O)c1=O)C1CCCCC1)C(=O)c1cccc(N)c1. The number of nitrogens with two attached hydrogens (primary N) is 1. The minimum absolute atomic E-state index is 0.0178. The van der Waals surface area contributed by atoms with Crippen LogP contribution in [0.2, 0.25) is 0 Å². The zero-order valence-corrected chi connectivity index (χ0v) is 25.6. The Morgan fingerprint density at radius 1 is 0.977 bits per heavy atom. The number of benzene rings is 1. The van der Waals surface area contributed by atoms with Crippen molar-refractivity contribution in [2.45, 2.75) is 77.2 Å². The first-order chi connectivity index (χ1) is 21.4. The van der Waals surface area contributed by atoms with Gasteiger partial charge in [-0.3, -0.25) is 29.0 Å². The number of nitrogens with zero attached hydrogens (tertiary/aromatic N) is 3. The Balaban J connectivity index is 1.19. The summed E-state index contributed by atoms with van der Waals surface area (Å²) in [6.07, 6.45) is 12.0. The number of anilines is 4. The van der Waals surface area contributed by atoms with E-state index in [-0.39, 0.29) is 30.2 Å². The fraction of sp³-hybridized carbons (Fsp3) is 0.485. The first-order valence-corrected chi connectivity index (χ1v) is 15.7. The summed E-state index contributed by atoms with van der Waals surface area (Å²) in [5.41, 5.74) is 7.19. The van der Waals surface area contributed by atoms with Gasteiger partial charge in [0.05, 0.1) is 12.6 Å². The van der Waals surface area contributed by atoms with Gasteiger partial charge in [-0.15, -0.1) is 0 Å². The average molecular weight is 605 g/mol. The zero-order valence-electron chi connectivity index (χ0n) is 25.6. The van der Waals surface area contributed by atoms with Crippen LogP contribution in [-0.2, 0) is 9.63 Å². The summed E-state index contributed by atoms with van der Waals surface area (Å²) in [6, 6.07) is 10.5. The van der Waals surface area contributed by atoms with Crippen molar-refractivity contribution in [3.05, 3.63) is 74.8 Å². The summed E-state index contributed by atoms with van der Waals surface area (Å²) in [6.45, 7) is 3.61. The first kappa shape index (κ1) is 32.7. The third kappa shape index (κ3) is 8.89. The maximum Gasteiger partial charge on any atom is 0.253 e. The Bertz CT molecular complexity index is 1430. The summed E-state index contributed by atoms with van der Waals surface area (Å²) in [7, 11) is 0. The molecule has 1 aliphatic carbocycles. The second-order valence-electron chi connectivity index (χ2n) is 11.2. The van der Waals surface area contributed by atoms with Crippen LogP contribution in [0, 0.1) is 0 Å². The summed E-state index contributed by atoms with van der Waals surface area (Å²) >= 11 is 0. The Kier molecular flexibility index (Phi) is 12.3. The Hall–Kier alpha value is -4.25. The molecule has 4 N–H and O–H groups in total. The molecule has 0 spiro atoms. The van der Waals surface area contributed by atoms with Gasteiger partial charge in [-0.05, 0) is 62.9 Å². The lowest BCUT2D eigenvalue weighted by Crippen LogP contribution is -2.43. The Labute approximate surface area is 258 Å². The summed E-state index contributed by atoms with van der Waals surface area (Å²) in [4.78, 5) is 62.0. The molecule has 236 valence electrons. The number of rotatable bonds is 17. The van der Waals surface area contributed by atoms with Gasteiger partial charge < -0.3 is 21.3 Å². The third-order valence-electron chi connectivity index (χ3n) is 8.03. The lowest BCUT2D eigenvalue weighted by molar-refractivity contribution is -0.204. The number of carbonyl (C=O) groups excluding carboxylic acids is 2. The molecule has 1 fully saturated rings. The number of likely N-dealkylation sites (N-methyl/N-ethyl adjacent to an activating group) is 1. The number of hydrogen-bond donors (Lipinski definition) is 3. The lowest BCUT2D eigenvalue weighted by atomic mass is 9.95. The van der Waals surface area contributed by atoms with E-state index in [0.717, 1.165) is 51.4 Å². The maximum atomic E-state index is 13.3. The molecule has 0 aliphatic heterocycles. The fourth-order valence-electron chi connectivity index (χ4n) is 5.54. The summed E-state index contributed by atoms with van der Waals surface area (Å²) in [5, 5.41) is 7.66. The van der Waals surface area contributed by atoms with E-state index in [1.165, 1.54) is 6.42 Å². The van der Waals surface area contributed by atoms with E-state index in [9.17, 15) is 19.2 Å². The number of aromatic nitrogens is 1. The minimum Gasteiger partial charge on any atom is -0.399 e. The van der Waals surface area contributed by atoms with Gasteiger partial charge in [0.2, 0.25) is 5.91 Å². The van der Waals surface area contributed by atoms with Gasteiger partial charge in [0.1, 0.15) is 11.4 Å². The molecule has 2 aromatic carbocycles. The maximum absolute atomic E-state index is 13.3. The largest absolute Gasteiger partial charge is 0.399 e. The van der Waals surface area contributed by atoms with E-state index in [4.69, 9.17) is 10.6 Å². The highest BCUT2D eigenvalue weighted by molar-refractivity contribution is 5.95. The predicted molar refractivity (Wildman–Crippen MR) is 173 cm³/mol. The van der Waals surface area contributed by atoms with E-state index in [0.29, 0.717) is 48.7 Å². The molecule has 1 heterocycles. The van der Waals surface area contributed by atoms with Gasteiger partial charge in [0.15, 0.2) is 0 Å². The Morgan fingerprint density at radius 3 is 2.43 bits per heavy atom. The van der Waals surface area contributed by atoms with Crippen molar-refractivity contribution in [3.63, 3.8) is 0 Å². The standard InChI is InChI=1S/C33H44N6O5/c1-2-38(33(43)24-11-10-12-25(34)23-24)21-22-44-39(27-13-6-5-7-14-27)28(40)15-8-3-4-9-18-36-29-30(32(42)31(29)41)37-26-16-19-35-20-17-26/h10-12,16-17,19-20,23,27,36H,2-9,13-15,18,21-22,34H2,1H3,(H,35,37). The first-order valence-electron chi connectivity index (χ1n) is 15.7. The second-order valence-corrected chi connectivity index (χ2v) is 11.2. The number of nitrogens with one attached hydrogen (secondary N) is 2. The van der Waals surface area contributed by atoms with Gasteiger partial charge >= 0.3 is 0 Å². The molecule has 0 atom stereocenters. The van der Waals surface area contributed by atoms with Gasteiger partial charge in [-0.1, -0.05) is 38.2 Å². The highest BCUT2D eigenvalue weighted by Crippen LogP contribution is 2.24. The highest BCUT2D eigenvalue weighted by Gasteiger charge is 2.27. The second kappa shape index (κ2) is 16.6. The van der Waals surface area contributed by atoms with E-state index in [1.807, 2.05) is 6.92 Å². The molecule has 1 aliphatic rings. The van der Waals surface area contributed by atoms with Crippen molar-refractivity contribution >= 4 is 34.6 Å². The van der Waals surface area contributed by atoms with Crippen LogP contribution >= 0.6 is 0 Å². The van der Waals surface area contributed by atoms with Crippen LogP contribution in [0.3, 0.4) is 0 Å². The van der Waals surface area contributed by atoms with Crippen molar-refractivity contribution < 1.29 is 14.4 Å². The van der Waals surface area contributed by atoms with E-state index >= 15 is 0 Å². The number of unbranched alkanes of at least 4 members (excludes halogenated alkanes) is 3. The molecule has 3 aromatic rings. The summed E-state index contributed by atoms with van der Waals surface area (Å²) in [5.74, 6) is -0.130. The number of hydroxylamine groups is 2. The molecule has 0 saturated heterocycles. The van der Waals surface area contributed by atoms with Crippen LogP contribution in [0.25, 0.3) is 0 Å². The quantitative estimate of drug-likeness (QED) is 0.0869. The molecule has 1 aromatic heterocycles. The van der Waals surface area contributed by atoms with Crippen molar-refractivity contribution in [1.29, 1.82) is 0 Å². The molecular formula is C33H44N6O5. The Morgan fingerprint density at radius 2 is 1.70 bits per heavy atom. The molecule has 2 amide bonds. The van der Waals surface area contributed by atoms with Crippen molar-refractivity contribution in [2.75, 3.05) is 42.6 Å². The molecule has 11 nitrogen and oxygen atoms in total. The molecule has 1 saturated carbocycles. The number of amides is 2. The van der Waals surface area contributed by atoms with Crippen LogP contribution in [0.5, 0.6) is 0 Å². The number of carbonyl (C=O) groups is 2. The fourth-order valence-corrected chi connectivity index (χ4v) is 5.54. The molecule has 0 unspecified atom stereocenters. The normalized spacial score (nSPS) is 13.5. The van der Waals surface area contributed by atoms with Crippen molar-refractivity contribution in [1.82, 2.24) is 14.9 Å². The number of nitrogen functional groups attached to an aromatic ring is 1. The number of pyridine rings is 1. The van der Waals surface area contributed by atoms with Gasteiger partial charge in [-0.25, -0.2) is 5.06 Å². The highest BCUT2D eigenvalue weighted by atomic mass is 16.7. The summed E-state index contributed by atoms with van der Waals surface area (Å²) < 4.78 is 0. The van der Waals surface area contributed by atoms with Crippen LogP contribution in [-0.4, -0.2) is 59.0 Å². The lowest BCUT2D eigenvalue weighted by Gasteiger charge is -2.34. The molecule has 44 heavy (non-hydrogen) atoms. The van der Waals surface area contributed by atoms with Crippen molar-refractivity contribution in [2.24, 2.45) is 0 Å². The minimum atomic E-state index is -0.525. The van der Waals surface area contributed by atoms with E-state index in [1.54, 1.807) is 58.8 Å². The average Bonchev–Trinajstić information content (AvgIpc) is 3.05. The van der Waals surface area contributed by atoms with Gasteiger partial charge in [0.25, 0.3) is 16.8 Å². The monoisotopic (exact) mass is 604 g/mol. The van der Waals surface area contributed by atoms with Crippen LogP contribution in [0.15, 0.2) is 58.4 Å². The van der Waals surface area contributed by atoms with Crippen LogP contribution in [0.1, 0.15) is 81.5 Å². The van der Waals surface area contributed by atoms with E-state index in [2.05, 4.69) is 15.6 Å². The molecule has 0 bridgehead atoms. The zero-order chi connectivity index (χ0) is 31.3. The molecule has 4 rings (SSSR count). The van der Waals surface area contributed by atoms with Crippen LogP contribution < -0.4 is 27.2 Å². The van der Waals surface area contributed by atoms with Crippen molar-refractivity contribution in [3.8, 4) is 0 Å². The van der Waals surface area contributed by atoms with Gasteiger partial charge in [0, 0.05) is 55.4 Å². The topological polar surface area (TPSA) is 147 Å². The third-order valence-corrected chi connectivity index (χ3v) is 8.03. The molecule has 11 heteroatoms. The molecule has 0 radical (unpaired) electrons. The smallest absolute Gasteiger partial charge is 0.253 e. The molecular weight excluding hydrogens is 560 g/mol. The number of hydrogen-bond acceptors (Lipinski definition) is 9. The predicted octanol–water partition coefficient (Wildman–Crippen LogP) is 4.62.